The minimum Gasteiger partial charge on any atom is -0.383 e. The monoisotopic (exact) mass is 417 g/mol. The van der Waals surface area contributed by atoms with Gasteiger partial charge in [0.05, 0.1) is 30.7 Å². The van der Waals surface area contributed by atoms with Crippen LogP contribution in [0.2, 0.25) is 0 Å². The quantitative estimate of drug-likeness (QED) is 0.593. The van der Waals surface area contributed by atoms with E-state index in [0.29, 0.717) is 31.2 Å². The molecule has 2 aromatic rings. The van der Waals surface area contributed by atoms with Gasteiger partial charge in [0.2, 0.25) is 0 Å². The standard InChI is InChI=1S/C14H20IN5O2/c1-21-6-7-22-10-4-2-9(3-5-10)20-14-11(12(15)19-20)13(16)17-8-18-14/h8-10H,2-7H2,1H3,(H2,16,17,18)/t9-,10-. The van der Waals surface area contributed by atoms with E-state index in [2.05, 4.69) is 37.7 Å². The number of ether oxygens (including phenoxy) is 2. The topological polar surface area (TPSA) is 88.1 Å². The smallest absolute Gasteiger partial charge is 0.164 e. The van der Waals surface area contributed by atoms with Crippen LogP contribution in [-0.2, 0) is 9.47 Å². The van der Waals surface area contributed by atoms with E-state index in [1.807, 2.05) is 4.68 Å². The highest BCUT2D eigenvalue weighted by Crippen LogP contribution is 2.33. The molecule has 0 spiro atoms. The maximum atomic E-state index is 5.95. The first-order valence-electron chi connectivity index (χ1n) is 7.45. The van der Waals surface area contributed by atoms with E-state index in [1.165, 1.54) is 6.33 Å². The second kappa shape index (κ2) is 7.05. The molecule has 1 fully saturated rings. The Kier molecular flexibility index (Phi) is 5.09. The van der Waals surface area contributed by atoms with Crippen molar-refractivity contribution in [3.05, 3.63) is 10.0 Å². The average molecular weight is 417 g/mol. The van der Waals surface area contributed by atoms with Crippen molar-refractivity contribution < 1.29 is 9.47 Å². The number of hydrogen-bond donors (Lipinski definition) is 1. The number of nitrogens with zero attached hydrogens (tertiary/aromatic N) is 4. The Labute approximate surface area is 142 Å². The Morgan fingerprint density at radius 3 is 2.77 bits per heavy atom. The van der Waals surface area contributed by atoms with Crippen LogP contribution in [0.5, 0.6) is 0 Å². The summed E-state index contributed by atoms with van der Waals surface area (Å²) >= 11 is 2.20. The van der Waals surface area contributed by atoms with E-state index in [0.717, 1.165) is 40.4 Å². The first-order chi connectivity index (χ1) is 10.7. The van der Waals surface area contributed by atoms with Crippen molar-refractivity contribution in [3.8, 4) is 0 Å². The number of methoxy groups -OCH3 is 1. The fourth-order valence-corrected chi connectivity index (χ4v) is 3.71. The molecule has 0 radical (unpaired) electrons. The maximum absolute atomic E-state index is 5.95. The maximum Gasteiger partial charge on any atom is 0.164 e. The van der Waals surface area contributed by atoms with E-state index < -0.39 is 0 Å². The summed E-state index contributed by atoms with van der Waals surface area (Å²) in [6, 6.07) is 0.350. The molecule has 7 nitrogen and oxygen atoms in total. The normalized spacial score (nSPS) is 22.3. The number of rotatable bonds is 5. The van der Waals surface area contributed by atoms with Gasteiger partial charge in [-0.05, 0) is 48.3 Å². The Bertz CT molecular complexity index is 639. The first kappa shape index (κ1) is 15.9. The van der Waals surface area contributed by atoms with Crippen molar-refractivity contribution in [3.63, 3.8) is 0 Å². The van der Waals surface area contributed by atoms with Gasteiger partial charge in [0.25, 0.3) is 0 Å². The summed E-state index contributed by atoms with van der Waals surface area (Å²) in [6.45, 7) is 1.32. The molecule has 1 aliphatic rings. The SMILES string of the molecule is COCCO[C@H]1CC[C@H](n2nc(I)c3c(N)ncnc32)CC1. The second-order valence-electron chi connectivity index (χ2n) is 5.49. The third-order valence-electron chi connectivity index (χ3n) is 4.11. The fourth-order valence-electron chi connectivity index (χ4n) is 2.96. The lowest BCUT2D eigenvalue weighted by molar-refractivity contribution is -0.00695. The molecule has 0 aliphatic heterocycles. The van der Waals surface area contributed by atoms with Crippen LogP contribution >= 0.6 is 22.6 Å². The minimum absolute atomic E-state index is 0.326. The van der Waals surface area contributed by atoms with Gasteiger partial charge < -0.3 is 15.2 Å². The Morgan fingerprint density at radius 2 is 2.05 bits per heavy atom. The number of halogens is 1. The van der Waals surface area contributed by atoms with Crippen LogP contribution in [0.3, 0.4) is 0 Å². The molecule has 120 valence electrons. The lowest BCUT2D eigenvalue weighted by Crippen LogP contribution is -2.25. The molecule has 0 bridgehead atoms. The average Bonchev–Trinajstić information content (AvgIpc) is 2.87. The van der Waals surface area contributed by atoms with Crippen molar-refractivity contribution in [1.82, 2.24) is 19.7 Å². The molecule has 1 aliphatic carbocycles. The zero-order valence-corrected chi connectivity index (χ0v) is 14.7. The summed E-state index contributed by atoms with van der Waals surface area (Å²) in [6.07, 6.45) is 5.97. The highest BCUT2D eigenvalue weighted by molar-refractivity contribution is 14.1. The van der Waals surface area contributed by atoms with Crippen LogP contribution in [0, 0.1) is 3.70 Å². The van der Waals surface area contributed by atoms with Crippen molar-refractivity contribution in [1.29, 1.82) is 0 Å². The molecule has 22 heavy (non-hydrogen) atoms. The third-order valence-corrected chi connectivity index (χ3v) is 4.86. The van der Waals surface area contributed by atoms with Crippen molar-refractivity contribution >= 4 is 39.4 Å². The number of nitrogen functional groups attached to an aromatic ring is 1. The molecule has 8 heteroatoms. The molecular formula is C14H20IN5O2. The van der Waals surface area contributed by atoms with Gasteiger partial charge in [-0.25, -0.2) is 14.6 Å². The molecule has 0 saturated heterocycles. The summed E-state index contributed by atoms with van der Waals surface area (Å²) in [5.41, 5.74) is 6.78. The first-order valence-corrected chi connectivity index (χ1v) is 8.53. The summed E-state index contributed by atoms with van der Waals surface area (Å²) < 4.78 is 13.7. The molecule has 1 saturated carbocycles. The lowest BCUT2D eigenvalue weighted by atomic mass is 9.93. The van der Waals surface area contributed by atoms with Gasteiger partial charge in [0, 0.05) is 7.11 Å². The third kappa shape index (κ3) is 3.18. The molecule has 0 atom stereocenters. The lowest BCUT2D eigenvalue weighted by Gasteiger charge is -2.28. The van der Waals surface area contributed by atoms with Crippen molar-refractivity contribution in [2.45, 2.75) is 37.8 Å². The van der Waals surface area contributed by atoms with E-state index in [4.69, 9.17) is 15.2 Å². The summed E-state index contributed by atoms with van der Waals surface area (Å²) in [5, 5.41) is 5.50. The predicted molar refractivity (Wildman–Crippen MR) is 91.6 cm³/mol. The molecule has 3 rings (SSSR count). The molecular weight excluding hydrogens is 397 g/mol. The zero-order chi connectivity index (χ0) is 15.5. The van der Waals surface area contributed by atoms with E-state index in [9.17, 15) is 0 Å². The summed E-state index contributed by atoms with van der Waals surface area (Å²) in [4.78, 5) is 8.43. The molecule has 2 N–H and O–H groups in total. The van der Waals surface area contributed by atoms with Crippen LogP contribution in [0.15, 0.2) is 6.33 Å². The molecule has 2 aromatic heterocycles. The van der Waals surface area contributed by atoms with Crippen LogP contribution in [0.4, 0.5) is 5.82 Å². The molecule has 0 amide bonds. The summed E-state index contributed by atoms with van der Waals surface area (Å²) in [7, 11) is 1.69. The number of anilines is 1. The van der Waals surface area contributed by atoms with E-state index in [-0.39, 0.29) is 0 Å². The summed E-state index contributed by atoms with van der Waals surface area (Å²) in [5.74, 6) is 0.497. The van der Waals surface area contributed by atoms with Crippen LogP contribution in [0.25, 0.3) is 11.0 Å². The largest absolute Gasteiger partial charge is 0.383 e. The van der Waals surface area contributed by atoms with Gasteiger partial charge >= 0.3 is 0 Å². The highest BCUT2D eigenvalue weighted by Gasteiger charge is 2.26. The molecule has 0 unspecified atom stereocenters. The van der Waals surface area contributed by atoms with Gasteiger partial charge in [-0.1, -0.05) is 0 Å². The number of aromatic nitrogens is 4. The van der Waals surface area contributed by atoms with Gasteiger partial charge in [0.1, 0.15) is 15.8 Å². The molecule has 2 heterocycles. The van der Waals surface area contributed by atoms with Crippen LogP contribution in [0.1, 0.15) is 31.7 Å². The zero-order valence-electron chi connectivity index (χ0n) is 12.5. The minimum atomic E-state index is 0.326. The Balaban J connectivity index is 1.70. The van der Waals surface area contributed by atoms with Gasteiger partial charge in [-0.2, -0.15) is 5.10 Å². The Hall–Kier alpha value is -1.00. The van der Waals surface area contributed by atoms with Gasteiger partial charge in [-0.15, -0.1) is 0 Å². The van der Waals surface area contributed by atoms with Crippen LogP contribution in [-0.4, -0.2) is 46.2 Å². The van der Waals surface area contributed by atoms with Crippen molar-refractivity contribution in [2.75, 3.05) is 26.1 Å². The highest BCUT2D eigenvalue weighted by atomic mass is 127. The van der Waals surface area contributed by atoms with Gasteiger partial charge in [0.15, 0.2) is 5.65 Å². The number of hydrogen-bond acceptors (Lipinski definition) is 6. The molecule has 0 aromatic carbocycles. The second-order valence-corrected chi connectivity index (χ2v) is 6.51. The number of fused-ring (bicyclic) bond motifs is 1. The van der Waals surface area contributed by atoms with E-state index in [1.54, 1.807) is 7.11 Å². The van der Waals surface area contributed by atoms with Gasteiger partial charge in [-0.3, -0.25) is 0 Å². The van der Waals surface area contributed by atoms with Crippen molar-refractivity contribution in [2.24, 2.45) is 0 Å². The Morgan fingerprint density at radius 1 is 1.27 bits per heavy atom. The fraction of sp³-hybridized carbons (Fsp3) is 0.643. The van der Waals surface area contributed by atoms with E-state index >= 15 is 0 Å². The van der Waals surface area contributed by atoms with Crippen LogP contribution < -0.4 is 5.73 Å². The predicted octanol–water partition coefficient (Wildman–Crippen LogP) is 2.16. The number of nitrogens with two attached hydrogens (primary N) is 1.